The summed E-state index contributed by atoms with van der Waals surface area (Å²) in [5.41, 5.74) is 8.21. The van der Waals surface area contributed by atoms with E-state index in [4.69, 9.17) is 9.73 Å². The standard InChI is InChI=1S/C35H35N3O.Pt/c1-21(2)34(22(3)4)31-20-39-35(37-31)26-15-24(6)16-27(18-26)38-32-10-8-7-9-28(32)29-12-11-25(19-33(29)38)30-17-23(5)13-14-36-30;/h7-17,21-22,31,34H,20H2,1-6H3;/q-2;+2/t31-;/m0./s1. The zero-order chi connectivity index (χ0) is 27.3. The molecule has 206 valence electrons. The summed E-state index contributed by atoms with van der Waals surface area (Å²) < 4.78 is 8.48. The molecule has 1 aliphatic rings. The van der Waals surface area contributed by atoms with Crippen LogP contribution in [-0.4, -0.2) is 28.1 Å². The number of rotatable bonds is 6. The van der Waals surface area contributed by atoms with E-state index in [1.165, 1.54) is 10.9 Å². The number of benzene rings is 3. The second kappa shape index (κ2) is 11.3. The molecule has 2 aromatic heterocycles. The third-order valence-corrected chi connectivity index (χ3v) is 7.90. The van der Waals surface area contributed by atoms with Gasteiger partial charge in [0.2, 0.25) is 0 Å². The van der Waals surface area contributed by atoms with Crippen molar-refractivity contribution < 1.29 is 25.8 Å². The summed E-state index contributed by atoms with van der Waals surface area (Å²) in [6, 6.07) is 28.8. The third kappa shape index (κ3) is 5.15. The Bertz CT molecular complexity index is 1710. The Labute approximate surface area is 251 Å². The van der Waals surface area contributed by atoms with Crippen LogP contribution in [0.4, 0.5) is 0 Å². The van der Waals surface area contributed by atoms with Crippen LogP contribution in [0.15, 0.2) is 71.9 Å². The van der Waals surface area contributed by atoms with E-state index in [1.807, 2.05) is 12.3 Å². The van der Waals surface area contributed by atoms with Crippen molar-refractivity contribution in [2.24, 2.45) is 22.7 Å². The molecule has 0 fully saturated rings. The average molecular weight is 709 g/mol. The first-order valence-corrected chi connectivity index (χ1v) is 13.9. The minimum absolute atomic E-state index is 0. The molecule has 1 atom stereocenters. The summed E-state index contributed by atoms with van der Waals surface area (Å²) in [5.74, 6) is 2.27. The summed E-state index contributed by atoms with van der Waals surface area (Å²) >= 11 is 0. The predicted molar refractivity (Wildman–Crippen MR) is 161 cm³/mol. The molecular formula is C35H35N3OPt. The van der Waals surface area contributed by atoms with Crippen LogP contribution in [-0.2, 0) is 25.8 Å². The van der Waals surface area contributed by atoms with Gasteiger partial charge in [0, 0.05) is 11.7 Å². The number of aliphatic imine (C=N–C) groups is 1. The number of ether oxygens (including phenoxy) is 1. The first-order valence-electron chi connectivity index (χ1n) is 13.9. The first kappa shape index (κ1) is 28.3. The number of aryl methyl sites for hydroxylation is 2. The molecule has 0 unspecified atom stereocenters. The van der Waals surface area contributed by atoms with Crippen LogP contribution in [0.5, 0.6) is 0 Å². The first-order chi connectivity index (χ1) is 18.8. The van der Waals surface area contributed by atoms with E-state index in [-0.39, 0.29) is 27.1 Å². The number of hydrogen-bond donors (Lipinski definition) is 0. The monoisotopic (exact) mass is 708 g/mol. The van der Waals surface area contributed by atoms with Gasteiger partial charge in [-0.15, -0.1) is 47.5 Å². The number of nitrogens with zero attached hydrogens (tertiary/aromatic N) is 3. The number of fused-ring (bicyclic) bond motifs is 3. The molecule has 0 radical (unpaired) electrons. The van der Waals surface area contributed by atoms with Gasteiger partial charge >= 0.3 is 21.1 Å². The topological polar surface area (TPSA) is 39.4 Å². The Balaban J connectivity index is 0.00000323. The molecule has 0 saturated heterocycles. The maximum absolute atomic E-state index is 6.22. The van der Waals surface area contributed by atoms with E-state index < -0.39 is 0 Å². The number of para-hydroxylation sites is 1. The van der Waals surface area contributed by atoms with Gasteiger partial charge in [-0.3, -0.25) is 4.99 Å². The molecular weight excluding hydrogens is 673 g/mol. The second-order valence-electron chi connectivity index (χ2n) is 11.5. The zero-order valence-corrected chi connectivity index (χ0v) is 26.2. The zero-order valence-electron chi connectivity index (χ0n) is 23.9. The van der Waals surface area contributed by atoms with Gasteiger partial charge in [-0.1, -0.05) is 75.4 Å². The van der Waals surface area contributed by atoms with E-state index in [1.54, 1.807) is 0 Å². The normalized spacial score (nSPS) is 15.2. The van der Waals surface area contributed by atoms with Gasteiger partial charge in [0.05, 0.1) is 12.6 Å². The maximum Gasteiger partial charge on any atom is 2.00 e. The van der Waals surface area contributed by atoms with Crippen molar-refractivity contribution in [2.45, 2.75) is 47.6 Å². The Kier molecular flexibility index (Phi) is 8.02. The SMILES string of the molecule is Cc1cc(C2=N[C@H](C(C(C)C)C(C)C)CO2)[c-]c(-n2c3[c-]c(-c4cc(C)ccn4)ccc3c3ccccc32)c1.[Pt+2]. The van der Waals surface area contributed by atoms with Gasteiger partial charge in [0.15, 0.2) is 0 Å². The van der Waals surface area contributed by atoms with Crippen LogP contribution in [0, 0.1) is 43.7 Å². The molecule has 4 nitrogen and oxygen atoms in total. The van der Waals surface area contributed by atoms with Crippen LogP contribution >= 0.6 is 0 Å². The summed E-state index contributed by atoms with van der Waals surface area (Å²) in [4.78, 5) is 9.71. The van der Waals surface area contributed by atoms with Gasteiger partial charge in [-0.2, -0.15) is 0 Å². The number of pyridine rings is 1. The molecule has 5 heteroatoms. The molecule has 3 heterocycles. The average Bonchev–Trinajstić information content (AvgIpc) is 3.50. The fraction of sp³-hybridized carbons (Fsp3) is 0.314. The van der Waals surface area contributed by atoms with Gasteiger partial charge in [0.25, 0.3) is 0 Å². The van der Waals surface area contributed by atoms with Crippen LogP contribution in [0.3, 0.4) is 0 Å². The van der Waals surface area contributed by atoms with Crippen molar-refractivity contribution in [2.75, 3.05) is 6.61 Å². The van der Waals surface area contributed by atoms with Gasteiger partial charge < -0.3 is 14.3 Å². The molecule has 1 aliphatic heterocycles. The van der Waals surface area contributed by atoms with E-state index >= 15 is 0 Å². The fourth-order valence-electron chi connectivity index (χ4n) is 6.30. The largest absolute Gasteiger partial charge is 2.00 e. The van der Waals surface area contributed by atoms with Crippen molar-refractivity contribution >= 4 is 27.7 Å². The fourth-order valence-corrected chi connectivity index (χ4v) is 6.30. The predicted octanol–water partition coefficient (Wildman–Crippen LogP) is 8.13. The minimum atomic E-state index is 0. The Morgan fingerprint density at radius 2 is 1.62 bits per heavy atom. The molecule has 0 N–H and O–H groups in total. The maximum atomic E-state index is 6.22. The Hall–Kier alpha value is -3.23. The molecule has 0 spiro atoms. The minimum Gasteiger partial charge on any atom is -0.518 e. The van der Waals surface area contributed by atoms with Crippen molar-refractivity contribution in [3.63, 3.8) is 0 Å². The van der Waals surface area contributed by atoms with Gasteiger partial charge in [-0.25, -0.2) is 0 Å². The summed E-state index contributed by atoms with van der Waals surface area (Å²) in [6.07, 6.45) is 1.86. The van der Waals surface area contributed by atoms with E-state index in [0.29, 0.717) is 30.3 Å². The molecule has 6 rings (SSSR count). The molecule has 5 aromatic rings. The van der Waals surface area contributed by atoms with Crippen LogP contribution in [0.2, 0.25) is 0 Å². The van der Waals surface area contributed by atoms with Crippen molar-refractivity contribution in [3.8, 4) is 16.9 Å². The Morgan fingerprint density at radius 3 is 2.38 bits per heavy atom. The van der Waals surface area contributed by atoms with Crippen molar-refractivity contribution in [1.82, 2.24) is 9.55 Å². The molecule has 40 heavy (non-hydrogen) atoms. The quantitative estimate of drug-likeness (QED) is 0.167. The van der Waals surface area contributed by atoms with Gasteiger partial charge in [-0.05, 0) is 59.1 Å². The summed E-state index contributed by atoms with van der Waals surface area (Å²) in [5, 5.41) is 2.35. The van der Waals surface area contributed by atoms with Crippen LogP contribution in [0.1, 0.15) is 44.4 Å². The third-order valence-electron chi connectivity index (χ3n) is 7.90. The van der Waals surface area contributed by atoms with E-state index in [0.717, 1.165) is 44.5 Å². The molecule has 0 bridgehead atoms. The molecule has 0 amide bonds. The molecule has 0 aliphatic carbocycles. The Morgan fingerprint density at radius 1 is 0.850 bits per heavy atom. The molecule has 3 aromatic carbocycles. The van der Waals surface area contributed by atoms with Crippen LogP contribution < -0.4 is 0 Å². The van der Waals surface area contributed by atoms with E-state index in [2.05, 4.69) is 118 Å². The second-order valence-corrected chi connectivity index (χ2v) is 11.5. The van der Waals surface area contributed by atoms with Gasteiger partial charge in [0.1, 0.15) is 5.90 Å². The van der Waals surface area contributed by atoms with Crippen LogP contribution in [0.25, 0.3) is 38.8 Å². The number of hydrogen-bond acceptors (Lipinski definition) is 3. The number of aromatic nitrogens is 2. The smallest absolute Gasteiger partial charge is 0.518 e. The van der Waals surface area contributed by atoms with E-state index in [9.17, 15) is 0 Å². The van der Waals surface area contributed by atoms with Crippen molar-refractivity contribution in [3.05, 3.63) is 95.7 Å². The molecule has 0 saturated carbocycles. The van der Waals surface area contributed by atoms with Crippen molar-refractivity contribution in [1.29, 1.82) is 0 Å². The summed E-state index contributed by atoms with van der Waals surface area (Å²) in [7, 11) is 0. The summed E-state index contributed by atoms with van der Waals surface area (Å²) in [6.45, 7) is 14.0.